The molecule has 1 aromatic heterocycles. The molecule has 1 atom stereocenters. The van der Waals surface area contributed by atoms with E-state index in [-0.39, 0.29) is 17.9 Å². The van der Waals surface area contributed by atoms with Gasteiger partial charge in [0.25, 0.3) is 0 Å². The van der Waals surface area contributed by atoms with Gasteiger partial charge in [-0.05, 0) is 60.9 Å². The van der Waals surface area contributed by atoms with E-state index >= 15 is 0 Å². The van der Waals surface area contributed by atoms with Gasteiger partial charge in [-0.2, -0.15) is 0 Å². The first kappa shape index (κ1) is 31.1. The number of amides is 2. The quantitative estimate of drug-likeness (QED) is 0.163. The highest BCUT2D eigenvalue weighted by molar-refractivity contribution is 7.99. The Morgan fingerprint density at radius 2 is 1.52 bits per heavy atom. The van der Waals surface area contributed by atoms with E-state index in [0.29, 0.717) is 38.9 Å². The van der Waals surface area contributed by atoms with Crippen molar-refractivity contribution in [3.63, 3.8) is 0 Å². The van der Waals surface area contributed by atoms with Crippen LogP contribution in [0.15, 0.2) is 84.0 Å². The number of hydrogen-bond acceptors (Lipinski definition) is 7. The van der Waals surface area contributed by atoms with Gasteiger partial charge in [0.15, 0.2) is 5.16 Å². The largest absolute Gasteiger partial charge is 0.497 e. The van der Waals surface area contributed by atoms with Gasteiger partial charge in [-0.25, -0.2) is 0 Å². The number of ether oxygens (including phenoxy) is 2. The van der Waals surface area contributed by atoms with E-state index < -0.39 is 0 Å². The fraction of sp³-hybridized carbons (Fsp3) is 0.353. The highest BCUT2D eigenvalue weighted by Crippen LogP contribution is 2.26. The number of thioether (sulfide) groups is 1. The van der Waals surface area contributed by atoms with Gasteiger partial charge < -0.3 is 19.3 Å². The van der Waals surface area contributed by atoms with Gasteiger partial charge in [-0.3, -0.25) is 14.2 Å². The Balaban J connectivity index is 1.13. The second-order valence-electron chi connectivity index (χ2n) is 10.8. The molecule has 1 unspecified atom stereocenters. The topological polar surface area (TPSA) is 89.8 Å². The second-order valence-corrected chi connectivity index (χ2v) is 11.9. The van der Waals surface area contributed by atoms with Crippen LogP contribution in [0.2, 0.25) is 0 Å². The van der Waals surface area contributed by atoms with Crippen LogP contribution in [0.1, 0.15) is 36.7 Å². The van der Waals surface area contributed by atoms with Crippen LogP contribution in [0.25, 0.3) is 5.69 Å². The molecule has 0 bridgehead atoms. The molecule has 1 fully saturated rings. The first-order valence-electron chi connectivity index (χ1n) is 14.9. The lowest BCUT2D eigenvalue weighted by Crippen LogP contribution is -2.55. The summed E-state index contributed by atoms with van der Waals surface area (Å²) in [5, 5.41) is 9.84. The van der Waals surface area contributed by atoms with E-state index in [2.05, 4.69) is 26.9 Å². The summed E-state index contributed by atoms with van der Waals surface area (Å²) in [7, 11) is 3.28. The number of carbonyl (C=O) groups excluding carboxylic acids is 2. The maximum absolute atomic E-state index is 13.1. The molecule has 2 amide bonds. The normalized spacial score (nSPS) is 14.8. The lowest BCUT2D eigenvalue weighted by Gasteiger charge is -2.40. The fourth-order valence-electron chi connectivity index (χ4n) is 5.40. The molecule has 0 radical (unpaired) electrons. The minimum atomic E-state index is -0.0288. The van der Waals surface area contributed by atoms with Crippen molar-refractivity contribution in [2.75, 3.05) is 39.6 Å². The van der Waals surface area contributed by atoms with Gasteiger partial charge in [0.1, 0.15) is 17.3 Å². The lowest BCUT2D eigenvalue weighted by atomic mass is 10.1. The number of benzene rings is 3. The van der Waals surface area contributed by atoms with Crippen molar-refractivity contribution in [2.24, 2.45) is 0 Å². The molecule has 1 aliphatic rings. The minimum absolute atomic E-state index is 0.0288. The Bertz CT molecular complexity index is 1530. The number of piperazine rings is 1. The molecule has 0 N–H and O–H groups in total. The van der Waals surface area contributed by atoms with E-state index in [1.807, 2.05) is 83.5 Å². The van der Waals surface area contributed by atoms with E-state index in [9.17, 15) is 9.59 Å². The van der Waals surface area contributed by atoms with Gasteiger partial charge in [0.2, 0.25) is 11.8 Å². The number of methoxy groups -OCH3 is 2. The fourth-order valence-corrected chi connectivity index (χ4v) is 6.31. The summed E-state index contributed by atoms with van der Waals surface area (Å²) in [4.78, 5) is 29.9. The third-order valence-corrected chi connectivity index (χ3v) is 8.83. The number of rotatable bonds is 12. The third-order valence-electron chi connectivity index (χ3n) is 7.82. The zero-order valence-electron chi connectivity index (χ0n) is 25.5. The molecule has 1 aliphatic heterocycles. The summed E-state index contributed by atoms with van der Waals surface area (Å²) in [5.41, 5.74) is 3.08. The van der Waals surface area contributed by atoms with E-state index in [0.717, 1.165) is 51.5 Å². The maximum atomic E-state index is 13.1. The molecular formula is C34H39N5O4S. The summed E-state index contributed by atoms with van der Waals surface area (Å²) < 4.78 is 12.6. The third kappa shape index (κ3) is 7.79. The lowest BCUT2D eigenvalue weighted by molar-refractivity contribution is -0.142. The number of aromatic nitrogens is 3. The van der Waals surface area contributed by atoms with Crippen molar-refractivity contribution in [1.82, 2.24) is 24.6 Å². The summed E-state index contributed by atoms with van der Waals surface area (Å²) in [5.74, 6) is 3.36. The van der Waals surface area contributed by atoms with Crippen LogP contribution >= 0.6 is 11.8 Å². The van der Waals surface area contributed by atoms with Crippen LogP contribution < -0.4 is 9.47 Å². The molecule has 9 nitrogen and oxygen atoms in total. The Hall–Kier alpha value is -4.31. The summed E-state index contributed by atoms with van der Waals surface area (Å²) >= 11 is 1.61. The van der Waals surface area contributed by atoms with Gasteiger partial charge in [0.05, 0.1) is 20.6 Å². The predicted octanol–water partition coefficient (Wildman–Crippen LogP) is 5.05. The van der Waals surface area contributed by atoms with Gasteiger partial charge in [-0.15, -0.1) is 10.2 Å². The number of nitrogens with zero attached hydrogens (tertiary/aromatic N) is 5. The van der Waals surface area contributed by atoms with Crippen LogP contribution in [0.3, 0.4) is 0 Å². The van der Waals surface area contributed by atoms with E-state index in [4.69, 9.17) is 9.47 Å². The molecule has 10 heteroatoms. The van der Waals surface area contributed by atoms with E-state index in [1.165, 1.54) is 0 Å². The van der Waals surface area contributed by atoms with Crippen molar-refractivity contribution in [3.05, 3.63) is 95.8 Å². The Morgan fingerprint density at radius 1 is 0.841 bits per heavy atom. The maximum Gasteiger partial charge on any atom is 0.227 e. The Kier molecular flexibility index (Phi) is 10.6. The van der Waals surface area contributed by atoms with Crippen LogP contribution in [0.5, 0.6) is 11.5 Å². The standard InChI is InChI=1S/C34H39N5O4S/c1-25-24-37(19-20-38(25)33(41)23-27-11-15-29(42-2)16-12-27)32(40)10-7-21-44-34-36-35-31(22-26-8-5-4-6-9-26)39(34)28-13-17-30(43-3)18-14-28/h4-6,8-9,11-18,25H,7,10,19-24H2,1-3H3. The van der Waals surface area contributed by atoms with Crippen molar-refractivity contribution < 1.29 is 19.1 Å². The van der Waals surface area contributed by atoms with Gasteiger partial charge in [-0.1, -0.05) is 54.2 Å². The molecule has 0 saturated carbocycles. The summed E-state index contributed by atoms with van der Waals surface area (Å²) in [6.07, 6.45) is 2.17. The number of hydrogen-bond donors (Lipinski definition) is 0. The first-order chi connectivity index (χ1) is 21.4. The monoisotopic (exact) mass is 613 g/mol. The van der Waals surface area contributed by atoms with Crippen LogP contribution in [0.4, 0.5) is 0 Å². The smallest absolute Gasteiger partial charge is 0.227 e. The average Bonchev–Trinajstić information content (AvgIpc) is 3.45. The molecule has 44 heavy (non-hydrogen) atoms. The van der Waals surface area contributed by atoms with Gasteiger partial charge in [0, 0.05) is 50.0 Å². The van der Waals surface area contributed by atoms with Gasteiger partial charge >= 0.3 is 0 Å². The zero-order valence-corrected chi connectivity index (χ0v) is 26.3. The predicted molar refractivity (Wildman–Crippen MR) is 172 cm³/mol. The van der Waals surface area contributed by atoms with Crippen molar-refractivity contribution in [2.45, 2.75) is 43.8 Å². The summed E-state index contributed by atoms with van der Waals surface area (Å²) in [6.45, 7) is 3.67. The van der Waals surface area contributed by atoms with Crippen molar-refractivity contribution in [3.8, 4) is 17.2 Å². The molecule has 1 saturated heterocycles. The minimum Gasteiger partial charge on any atom is -0.497 e. The van der Waals surface area contributed by atoms with Crippen LogP contribution in [-0.4, -0.2) is 82.0 Å². The molecule has 3 aromatic carbocycles. The molecule has 0 aliphatic carbocycles. The molecule has 5 rings (SSSR count). The molecule has 4 aromatic rings. The number of carbonyl (C=O) groups is 2. The van der Waals surface area contributed by atoms with Crippen LogP contribution in [0, 0.1) is 0 Å². The highest BCUT2D eigenvalue weighted by atomic mass is 32.2. The molecule has 0 spiro atoms. The van der Waals surface area contributed by atoms with Crippen molar-refractivity contribution >= 4 is 23.6 Å². The van der Waals surface area contributed by atoms with Crippen molar-refractivity contribution in [1.29, 1.82) is 0 Å². The Labute approximate surface area is 263 Å². The Morgan fingerprint density at radius 3 is 2.18 bits per heavy atom. The summed E-state index contributed by atoms with van der Waals surface area (Å²) in [6, 6.07) is 25.7. The molecular weight excluding hydrogens is 574 g/mol. The first-order valence-corrected chi connectivity index (χ1v) is 15.9. The molecule has 230 valence electrons. The SMILES string of the molecule is COc1ccc(CC(=O)N2CCN(C(=O)CCCSc3nnc(Cc4ccccc4)n3-c3ccc(OC)cc3)CC2C)cc1. The zero-order chi connectivity index (χ0) is 30.9. The van der Waals surface area contributed by atoms with E-state index in [1.54, 1.807) is 26.0 Å². The second kappa shape index (κ2) is 14.9. The molecule has 2 heterocycles. The highest BCUT2D eigenvalue weighted by Gasteiger charge is 2.29. The average molecular weight is 614 g/mol. The van der Waals surface area contributed by atoms with Crippen LogP contribution in [-0.2, 0) is 22.4 Å².